The number of anilines is 2. The standard InChI is InChI=1S/C21H28N6O4S/c1-24-20(29)17-14-16(4-5-18(17)27-13-8-22-21(24)27)23-19(28)15-6-11-26(12-7-15)32(30,31)25-9-2-3-10-25/h4-5,14-15H,2-3,6-13H2,1H3,(H,23,28). The van der Waals surface area contributed by atoms with Crippen LogP contribution in [-0.2, 0) is 15.0 Å². The number of piperidine rings is 1. The summed E-state index contributed by atoms with van der Waals surface area (Å²) >= 11 is 0. The van der Waals surface area contributed by atoms with Gasteiger partial charge < -0.3 is 10.2 Å². The van der Waals surface area contributed by atoms with Gasteiger partial charge in [-0.1, -0.05) is 0 Å². The van der Waals surface area contributed by atoms with Crippen LogP contribution >= 0.6 is 0 Å². The van der Waals surface area contributed by atoms with E-state index in [1.54, 1.807) is 23.5 Å². The molecule has 0 atom stereocenters. The number of benzene rings is 1. The number of aliphatic imine (C=N–C) groups is 1. The van der Waals surface area contributed by atoms with Crippen LogP contribution in [0.3, 0.4) is 0 Å². The van der Waals surface area contributed by atoms with Gasteiger partial charge in [0.15, 0.2) is 0 Å². The first kappa shape index (κ1) is 21.4. The summed E-state index contributed by atoms with van der Waals surface area (Å²) < 4.78 is 28.5. The van der Waals surface area contributed by atoms with E-state index in [0.717, 1.165) is 25.1 Å². The van der Waals surface area contributed by atoms with Gasteiger partial charge in [0.05, 0.1) is 17.8 Å². The van der Waals surface area contributed by atoms with E-state index in [-0.39, 0.29) is 17.7 Å². The van der Waals surface area contributed by atoms with E-state index >= 15 is 0 Å². The van der Waals surface area contributed by atoms with Gasteiger partial charge in [-0.2, -0.15) is 17.0 Å². The number of carbonyl (C=O) groups excluding carboxylic acids is 2. The van der Waals surface area contributed by atoms with Crippen molar-refractivity contribution >= 4 is 39.4 Å². The van der Waals surface area contributed by atoms with Gasteiger partial charge in [0, 0.05) is 51.4 Å². The third-order valence-corrected chi connectivity index (χ3v) is 8.79. The first-order valence-corrected chi connectivity index (χ1v) is 12.6. The molecule has 0 radical (unpaired) electrons. The van der Waals surface area contributed by atoms with Gasteiger partial charge in [-0.05, 0) is 43.9 Å². The molecule has 2 saturated heterocycles. The van der Waals surface area contributed by atoms with Crippen molar-refractivity contribution in [3.05, 3.63) is 23.8 Å². The maximum Gasteiger partial charge on any atom is 0.281 e. The Morgan fingerprint density at radius 3 is 2.47 bits per heavy atom. The minimum atomic E-state index is -3.42. The second-order valence-electron chi connectivity index (χ2n) is 8.71. The van der Waals surface area contributed by atoms with E-state index in [1.807, 2.05) is 11.0 Å². The van der Waals surface area contributed by atoms with Gasteiger partial charge in [0.25, 0.3) is 16.1 Å². The molecule has 4 aliphatic heterocycles. The molecule has 0 aliphatic carbocycles. The highest BCUT2D eigenvalue weighted by Crippen LogP contribution is 2.32. The van der Waals surface area contributed by atoms with Crippen LogP contribution in [0.5, 0.6) is 0 Å². The molecule has 32 heavy (non-hydrogen) atoms. The number of nitrogens with one attached hydrogen (secondary N) is 1. The average molecular weight is 461 g/mol. The maximum absolute atomic E-state index is 12.9. The van der Waals surface area contributed by atoms with E-state index < -0.39 is 10.2 Å². The lowest BCUT2D eigenvalue weighted by Crippen LogP contribution is -2.48. The summed E-state index contributed by atoms with van der Waals surface area (Å²) in [5.74, 6) is 0.123. The predicted octanol–water partition coefficient (Wildman–Crippen LogP) is 0.939. The number of amides is 2. The van der Waals surface area contributed by atoms with Crippen molar-refractivity contribution in [2.45, 2.75) is 25.7 Å². The zero-order valence-corrected chi connectivity index (χ0v) is 19.0. The largest absolute Gasteiger partial charge is 0.326 e. The van der Waals surface area contributed by atoms with Crippen LogP contribution in [0.25, 0.3) is 0 Å². The Labute approximate surface area is 188 Å². The van der Waals surface area contributed by atoms with Gasteiger partial charge in [0.1, 0.15) is 0 Å². The molecule has 172 valence electrons. The van der Waals surface area contributed by atoms with Crippen LogP contribution in [0.2, 0.25) is 0 Å². The Bertz CT molecular complexity index is 1070. The summed E-state index contributed by atoms with van der Waals surface area (Å²) in [4.78, 5) is 33.6. The number of nitrogens with zero attached hydrogens (tertiary/aromatic N) is 5. The van der Waals surface area contributed by atoms with E-state index in [1.165, 1.54) is 9.21 Å². The lowest BCUT2D eigenvalue weighted by atomic mass is 9.97. The van der Waals surface area contributed by atoms with Crippen molar-refractivity contribution < 1.29 is 18.0 Å². The second kappa shape index (κ2) is 8.13. The highest BCUT2D eigenvalue weighted by Gasteiger charge is 2.37. The molecule has 0 bridgehead atoms. The van der Waals surface area contributed by atoms with Crippen molar-refractivity contribution in [2.24, 2.45) is 10.9 Å². The normalized spacial score (nSPS) is 22.7. The first-order valence-electron chi connectivity index (χ1n) is 11.2. The van der Waals surface area contributed by atoms with E-state index in [9.17, 15) is 18.0 Å². The summed E-state index contributed by atoms with van der Waals surface area (Å²) in [6.45, 7) is 3.24. The predicted molar refractivity (Wildman–Crippen MR) is 121 cm³/mol. The molecule has 2 fully saturated rings. The molecule has 11 heteroatoms. The highest BCUT2D eigenvalue weighted by atomic mass is 32.2. The Hall–Kier alpha value is -2.50. The van der Waals surface area contributed by atoms with Crippen LogP contribution in [0, 0.1) is 5.92 Å². The summed E-state index contributed by atoms with van der Waals surface area (Å²) in [5, 5.41) is 2.93. The molecule has 4 aliphatic rings. The number of rotatable bonds is 4. The minimum absolute atomic E-state index is 0.136. The molecule has 0 unspecified atom stereocenters. The molecule has 5 rings (SSSR count). The number of carbonyl (C=O) groups is 2. The molecule has 0 spiro atoms. The van der Waals surface area contributed by atoms with Gasteiger partial charge in [0.2, 0.25) is 11.9 Å². The van der Waals surface area contributed by atoms with Gasteiger partial charge in [-0.3, -0.25) is 19.5 Å². The molecular formula is C21H28N6O4S. The van der Waals surface area contributed by atoms with Gasteiger partial charge in [-0.25, -0.2) is 0 Å². The smallest absolute Gasteiger partial charge is 0.281 e. The minimum Gasteiger partial charge on any atom is -0.326 e. The van der Waals surface area contributed by atoms with Crippen LogP contribution < -0.4 is 10.2 Å². The van der Waals surface area contributed by atoms with E-state index in [2.05, 4.69) is 10.3 Å². The molecular weight excluding hydrogens is 432 g/mol. The monoisotopic (exact) mass is 460 g/mol. The van der Waals surface area contributed by atoms with Crippen LogP contribution in [0.4, 0.5) is 11.4 Å². The number of hydrogen-bond donors (Lipinski definition) is 1. The van der Waals surface area contributed by atoms with Crippen LogP contribution in [0.1, 0.15) is 36.0 Å². The summed E-state index contributed by atoms with van der Waals surface area (Å²) in [7, 11) is -1.71. The number of fused-ring (bicyclic) bond motifs is 3. The van der Waals surface area contributed by atoms with E-state index in [0.29, 0.717) is 62.8 Å². The Morgan fingerprint density at radius 1 is 1.06 bits per heavy atom. The highest BCUT2D eigenvalue weighted by molar-refractivity contribution is 7.86. The van der Waals surface area contributed by atoms with E-state index in [4.69, 9.17) is 0 Å². The third kappa shape index (κ3) is 3.57. The summed E-state index contributed by atoms with van der Waals surface area (Å²) in [5.41, 5.74) is 1.92. The molecule has 4 heterocycles. The Kier molecular flexibility index (Phi) is 5.42. The fourth-order valence-corrected chi connectivity index (χ4v) is 6.64. The second-order valence-corrected chi connectivity index (χ2v) is 10.6. The quantitative estimate of drug-likeness (QED) is 0.720. The molecule has 0 aromatic heterocycles. The molecule has 0 saturated carbocycles. The fourth-order valence-electron chi connectivity index (χ4n) is 4.92. The third-order valence-electron chi connectivity index (χ3n) is 6.75. The zero-order chi connectivity index (χ0) is 22.5. The Balaban J connectivity index is 1.24. The number of guanidine groups is 1. The van der Waals surface area contributed by atoms with Crippen molar-refractivity contribution in [2.75, 3.05) is 56.5 Å². The molecule has 1 aromatic carbocycles. The van der Waals surface area contributed by atoms with Gasteiger partial charge in [-0.15, -0.1) is 0 Å². The molecule has 2 amide bonds. The maximum atomic E-state index is 12.9. The molecule has 10 nitrogen and oxygen atoms in total. The summed E-state index contributed by atoms with van der Waals surface area (Å²) in [6.07, 6.45) is 2.78. The first-order chi connectivity index (χ1) is 15.4. The summed E-state index contributed by atoms with van der Waals surface area (Å²) in [6, 6.07) is 5.37. The SMILES string of the molecule is CN1C(=O)c2cc(NC(=O)C3CCN(S(=O)(=O)N4CCCC4)CC3)ccc2N2CCN=C12. The fraction of sp³-hybridized carbons (Fsp3) is 0.571. The van der Waals surface area contributed by atoms with Crippen LogP contribution in [0.15, 0.2) is 23.2 Å². The molecule has 1 aromatic rings. The van der Waals surface area contributed by atoms with Crippen LogP contribution in [-0.4, -0.2) is 86.0 Å². The number of hydrogen-bond acceptors (Lipinski definition) is 6. The topological polar surface area (TPSA) is 106 Å². The van der Waals surface area contributed by atoms with Crippen molar-refractivity contribution in [3.8, 4) is 0 Å². The van der Waals surface area contributed by atoms with Gasteiger partial charge >= 0.3 is 0 Å². The van der Waals surface area contributed by atoms with Crippen molar-refractivity contribution in [3.63, 3.8) is 0 Å². The Morgan fingerprint density at radius 2 is 1.75 bits per heavy atom. The zero-order valence-electron chi connectivity index (χ0n) is 18.2. The lowest BCUT2D eigenvalue weighted by Gasteiger charge is -2.34. The lowest BCUT2D eigenvalue weighted by molar-refractivity contribution is -0.120. The molecule has 1 N–H and O–H groups in total. The van der Waals surface area contributed by atoms with Crippen molar-refractivity contribution in [1.82, 2.24) is 13.5 Å². The average Bonchev–Trinajstić information content (AvgIpc) is 3.50. The van der Waals surface area contributed by atoms with Crippen molar-refractivity contribution in [1.29, 1.82) is 0 Å².